The summed E-state index contributed by atoms with van der Waals surface area (Å²) in [5.74, 6) is -0.186. The molecule has 0 amide bonds. The Hall–Kier alpha value is -1.19. The number of rotatable bonds is 4. The largest absolute Gasteiger partial charge is 0.304 e. The molecule has 2 aromatic rings. The Kier molecular flexibility index (Phi) is 4.72. The zero-order chi connectivity index (χ0) is 13.8. The molecule has 0 aromatic heterocycles. The van der Waals surface area contributed by atoms with Gasteiger partial charge in [-0.25, -0.2) is 4.39 Å². The van der Waals surface area contributed by atoms with E-state index < -0.39 is 0 Å². The molecule has 0 spiro atoms. The lowest BCUT2D eigenvalue weighted by molar-refractivity contribution is 0.474. The number of benzene rings is 2. The van der Waals surface area contributed by atoms with E-state index in [2.05, 4.69) is 40.3 Å². The van der Waals surface area contributed by atoms with E-state index in [1.165, 1.54) is 11.6 Å². The van der Waals surface area contributed by atoms with Gasteiger partial charge in [0.2, 0.25) is 0 Å². The molecule has 0 aliphatic carbocycles. The van der Waals surface area contributed by atoms with Gasteiger partial charge in [0.1, 0.15) is 5.82 Å². The standard InChI is InChI=1S/C16H17BrFN/c1-11(13-6-4-3-5-7-13)19-12(2)15-9-8-14(17)10-16(15)18/h3-12,19H,1-2H3/t11-,12?/m1/s1. The van der Waals surface area contributed by atoms with Crippen molar-refractivity contribution in [2.24, 2.45) is 0 Å². The van der Waals surface area contributed by atoms with Crippen LogP contribution in [-0.4, -0.2) is 0 Å². The minimum atomic E-state index is -0.186. The van der Waals surface area contributed by atoms with Gasteiger partial charge >= 0.3 is 0 Å². The van der Waals surface area contributed by atoms with E-state index in [0.29, 0.717) is 5.56 Å². The predicted octanol–water partition coefficient (Wildman–Crippen LogP) is 5.00. The van der Waals surface area contributed by atoms with Crippen LogP contribution in [0, 0.1) is 5.82 Å². The maximum atomic E-state index is 13.9. The van der Waals surface area contributed by atoms with E-state index >= 15 is 0 Å². The molecule has 1 nitrogen and oxygen atoms in total. The first-order valence-corrected chi connectivity index (χ1v) is 7.13. The summed E-state index contributed by atoms with van der Waals surface area (Å²) in [7, 11) is 0. The fourth-order valence-electron chi connectivity index (χ4n) is 2.16. The van der Waals surface area contributed by atoms with Crippen LogP contribution in [0.25, 0.3) is 0 Å². The zero-order valence-electron chi connectivity index (χ0n) is 11.0. The van der Waals surface area contributed by atoms with Crippen molar-refractivity contribution in [3.63, 3.8) is 0 Å². The molecule has 1 unspecified atom stereocenters. The minimum absolute atomic E-state index is 0.0386. The molecule has 0 saturated carbocycles. The second-order valence-electron chi connectivity index (χ2n) is 4.69. The second kappa shape index (κ2) is 6.31. The van der Waals surface area contributed by atoms with E-state index in [-0.39, 0.29) is 17.9 Å². The van der Waals surface area contributed by atoms with E-state index in [0.717, 1.165) is 4.47 Å². The third kappa shape index (κ3) is 3.64. The molecule has 1 N–H and O–H groups in total. The maximum absolute atomic E-state index is 13.9. The van der Waals surface area contributed by atoms with Gasteiger partial charge in [0.25, 0.3) is 0 Å². The average Bonchev–Trinajstić information content (AvgIpc) is 2.39. The highest BCUT2D eigenvalue weighted by atomic mass is 79.9. The molecule has 0 fully saturated rings. The van der Waals surface area contributed by atoms with Gasteiger partial charge in [-0.1, -0.05) is 52.3 Å². The molecule has 19 heavy (non-hydrogen) atoms. The fourth-order valence-corrected chi connectivity index (χ4v) is 2.49. The maximum Gasteiger partial charge on any atom is 0.129 e. The van der Waals surface area contributed by atoms with Crippen molar-refractivity contribution >= 4 is 15.9 Å². The van der Waals surface area contributed by atoms with Crippen molar-refractivity contribution in [1.82, 2.24) is 5.32 Å². The number of hydrogen-bond donors (Lipinski definition) is 1. The van der Waals surface area contributed by atoms with Crippen LogP contribution in [-0.2, 0) is 0 Å². The highest BCUT2D eigenvalue weighted by Crippen LogP contribution is 2.23. The lowest BCUT2D eigenvalue weighted by Crippen LogP contribution is -2.23. The van der Waals surface area contributed by atoms with E-state index in [4.69, 9.17) is 0 Å². The Bertz CT molecular complexity index is 542. The summed E-state index contributed by atoms with van der Waals surface area (Å²) < 4.78 is 14.6. The van der Waals surface area contributed by atoms with Crippen LogP contribution in [0.3, 0.4) is 0 Å². The van der Waals surface area contributed by atoms with Crippen molar-refractivity contribution in [3.05, 3.63) is 69.9 Å². The summed E-state index contributed by atoms with van der Waals surface area (Å²) >= 11 is 3.27. The van der Waals surface area contributed by atoms with Gasteiger partial charge in [0.15, 0.2) is 0 Å². The topological polar surface area (TPSA) is 12.0 Å². The first-order valence-electron chi connectivity index (χ1n) is 6.34. The molecule has 0 radical (unpaired) electrons. The minimum Gasteiger partial charge on any atom is -0.304 e. The average molecular weight is 322 g/mol. The highest BCUT2D eigenvalue weighted by molar-refractivity contribution is 9.10. The molecular weight excluding hydrogens is 305 g/mol. The van der Waals surface area contributed by atoms with Crippen molar-refractivity contribution < 1.29 is 4.39 Å². The lowest BCUT2D eigenvalue weighted by Gasteiger charge is -2.21. The van der Waals surface area contributed by atoms with E-state index in [1.54, 1.807) is 0 Å². The van der Waals surface area contributed by atoms with Crippen molar-refractivity contribution in [2.75, 3.05) is 0 Å². The molecule has 0 saturated heterocycles. The predicted molar refractivity (Wildman–Crippen MR) is 80.5 cm³/mol. The molecule has 2 aromatic carbocycles. The van der Waals surface area contributed by atoms with Crippen LogP contribution in [0.2, 0.25) is 0 Å². The van der Waals surface area contributed by atoms with Gasteiger partial charge in [-0.2, -0.15) is 0 Å². The Labute approximate surface area is 122 Å². The van der Waals surface area contributed by atoms with Gasteiger partial charge in [-0.05, 0) is 31.5 Å². The molecule has 2 atom stereocenters. The van der Waals surface area contributed by atoms with E-state index in [1.807, 2.05) is 37.3 Å². The summed E-state index contributed by atoms with van der Waals surface area (Å²) in [6.45, 7) is 4.06. The summed E-state index contributed by atoms with van der Waals surface area (Å²) in [4.78, 5) is 0. The van der Waals surface area contributed by atoms with Crippen LogP contribution in [0.4, 0.5) is 4.39 Å². The zero-order valence-corrected chi connectivity index (χ0v) is 12.6. The van der Waals surface area contributed by atoms with E-state index in [9.17, 15) is 4.39 Å². The summed E-state index contributed by atoms with van der Waals surface area (Å²) in [5.41, 5.74) is 1.89. The van der Waals surface area contributed by atoms with Crippen LogP contribution in [0.15, 0.2) is 53.0 Å². The molecular formula is C16H17BrFN. The molecule has 3 heteroatoms. The van der Waals surface area contributed by atoms with Crippen molar-refractivity contribution in [2.45, 2.75) is 25.9 Å². The van der Waals surface area contributed by atoms with Crippen LogP contribution >= 0.6 is 15.9 Å². The third-order valence-electron chi connectivity index (χ3n) is 3.23. The van der Waals surface area contributed by atoms with Gasteiger partial charge in [-0.3, -0.25) is 0 Å². The fraction of sp³-hybridized carbons (Fsp3) is 0.250. The van der Waals surface area contributed by atoms with Crippen molar-refractivity contribution in [1.29, 1.82) is 0 Å². The SMILES string of the molecule is CC(N[C@H](C)c1ccccc1)c1ccc(Br)cc1F. The molecule has 100 valence electrons. The Morgan fingerprint density at radius 1 is 1.00 bits per heavy atom. The van der Waals surface area contributed by atoms with Crippen LogP contribution in [0.5, 0.6) is 0 Å². The summed E-state index contributed by atoms with van der Waals surface area (Å²) in [5, 5.41) is 3.42. The molecule has 0 aliphatic rings. The van der Waals surface area contributed by atoms with Crippen LogP contribution < -0.4 is 5.32 Å². The lowest BCUT2D eigenvalue weighted by atomic mass is 10.0. The van der Waals surface area contributed by atoms with Crippen molar-refractivity contribution in [3.8, 4) is 0 Å². The van der Waals surface area contributed by atoms with Crippen LogP contribution in [0.1, 0.15) is 37.1 Å². The van der Waals surface area contributed by atoms with Gasteiger partial charge in [-0.15, -0.1) is 0 Å². The van der Waals surface area contributed by atoms with Gasteiger partial charge in [0.05, 0.1) is 0 Å². The quantitative estimate of drug-likeness (QED) is 0.835. The smallest absolute Gasteiger partial charge is 0.129 e. The number of nitrogens with one attached hydrogen (secondary N) is 1. The third-order valence-corrected chi connectivity index (χ3v) is 3.72. The highest BCUT2D eigenvalue weighted by Gasteiger charge is 2.14. The Balaban J connectivity index is 2.10. The number of halogens is 2. The first-order chi connectivity index (χ1) is 9.08. The Morgan fingerprint density at radius 3 is 2.32 bits per heavy atom. The Morgan fingerprint density at radius 2 is 1.68 bits per heavy atom. The van der Waals surface area contributed by atoms with Gasteiger partial charge in [0, 0.05) is 22.1 Å². The normalized spacial score (nSPS) is 14.1. The second-order valence-corrected chi connectivity index (χ2v) is 5.60. The number of hydrogen-bond acceptors (Lipinski definition) is 1. The molecule has 2 rings (SSSR count). The first kappa shape index (κ1) is 14.2. The molecule has 0 aliphatic heterocycles. The molecule has 0 heterocycles. The monoisotopic (exact) mass is 321 g/mol. The molecule has 0 bridgehead atoms. The summed E-state index contributed by atoms with van der Waals surface area (Å²) in [6, 6.07) is 15.5. The summed E-state index contributed by atoms with van der Waals surface area (Å²) in [6.07, 6.45) is 0. The van der Waals surface area contributed by atoms with Gasteiger partial charge < -0.3 is 5.32 Å².